The van der Waals surface area contributed by atoms with E-state index in [1.165, 1.54) is 18.5 Å². The van der Waals surface area contributed by atoms with Gasteiger partial charge in [-0.25, -0.2) is 5.43 Å². The molecule has 1 heterocycles. The Bertz CT molecular complexity index is 633. The van der Waals surface area contributed by atoms with Gasteiger partial charge in [-0.05, 0) is 42.0 Å². The van der Waals surface area contributed by atoms with Crippen LogP contribution in [0.25, 0.3) is 0 Å². The van der Waals surface area contributed by atoms with Gasteiger partial charge in [-0.2, -0.15) is 5.10 Å². The molecular formula is C14H13N3O4. The van der Waals surface area contributed by atoms with Gasteiger partial charge < -0.3 is 14.9 Å². The Balaban J connectivity index is 1.86. The number of primary amides is 1. The van der Waals surface area contributed by atoms with Crippen LogP contribution in [0.3, 0.4) is 0 Å². The van der Waals surface area contributed by atoms with E-state index < -0.39 is 11.8 Å². The first-order chi connectivity index (χ1) is 10.1. The predicted molar refractivity (Wildman–Crippen MR) is 74.9 cm³/mol. The van der Waals surface area contributed by atoms with Crippen LogP contribution in [-0.2, 0) is 4.79 Å². The van der Waals surface area contributed by atoms with Crippen molar-refractivity contribution >= 4 is 18.0 Å². The fraction of sp³-hybridized carbons (Fsp3) is 0.0714. The molecule has 0 atom stereocenters. The van der Waals surface area contributed by atoms with Gasteiger partial charge in [-0.3, -0.25) is 9.59 Å². The van der Waals surface area contributed by atoms with Crippen LogP contribution in [0.2, 0.25) is 0 Å². The minimum atomic E-state index is -0.540. The molecule has 108 valence electrons. The van der Waals surface area contributed by atoms with Crippen molar-refractivity contribution in [2.75, 3.05) is 6.61 Å². The molecule has 0 saturated heterocycles. The number of hydrogen-bond donors (Lipinski definition) is 2. The lowest BCUT2D eigenvalue weighted by atomic mass is 10.2. The van der Waals surface area contributed by atoms with Crippen LogP contribution in [0.4, 0.5) is 0 Å². The molecule has 0 bridgehead atoms. The number of nitrogens with one attached hydrogen (secondary N) is 1. The number of ether oxygens (including phenoxy) is 1. The van der Waals surface area contributed by atoms with Gasteiger partial charge in [0.2, 0.25) is 0 Å². The molecule has 1 aromatic heterocycles. The number of carbonyl (C=O) groups is 2. The third-order valence-electron chi connectivity index (χ3n) is 2.39. The maximum atomic E-state index is 11.5. The van der Waals surface area contributed by atoms with E-state index in [0.29, 0.717) is 5.75 Å². The highest BCUT2D eigenvalue weighted by Crippen LogP contribution is 2.10. The lowest BCUT2D eigenvalue weighted by molar-refractivity contribution is -0.119. The number of rotatable bonds is 6. The smallest absolute Gasteiger partial charge is 0.307 e. The van der Waals surface area contributed by atoms with Crippen molar-refractivity contribution in [1.82, 2.24) is 5.43 Å². The van der Waals surface area contributed by atoms with E-state index in [-0.39, 0.29) is 12.4 Å². The summed E-state index contributed by atoms with van der Waals surface area (Å²) in [6.45, 7) is -0.174. The van der Waals surface area contributed by atoms with E-state index >= 15 is 0 Å². The molecule has 0 unspecified atom stereocenters. The zero-order chi connectivity index (χ0) is 15.1. The van der Waals surface area contributed by atoms with E-state index in [1.807, 2.05) is 0 Å². The van der Waals surface area contributed by atoms with Crippen molar-refractivity contribution in [3.05, 3.63) is 54.0 Å². The van der Waals surface area contributed by atoms with E-state index in [0.717, 1.165) is 5.56 Å². The van der Waals surface area contributed by atoms with Crippen molar-refractivity contribution in [1.29, 1.82) is 0 Å². The van der Waals surface area contributed by atoms with Crippen LogP contribution in [0, 0.1) is 0 Å². The summed E-state index contributed by atoms with van der Waals surface area (Å²) in [6, 6.07) is 9.92. The SMILES string of the molecule is NC(=O)COc1ccc(C=NNC(=O)c2ccco2)cc1. The van der Waals surface area contributed by atoms with Crippen LogP contribution >= 0.6 is 0 Å². The predicted octanol–water partition coefficient (Wildman–Crippen LogP) is 0.908. The molecule has 0 aliphatic rings. The van der Waals surface area contributed by atoms with Crippen LogP contribution < -0.4 is 15.9 Å². The second-order valence-corrected chi connectivity index (χ2v) is 4.00. The monoisotopic (exact) mass is 287 g/mol. The summed E-state index contributed by atoms with van der Waals surface area (Å²) in [5.74, 6) is -0.271. The van der Waals surface area contributed by atoms with Crippen LogP contribution in [0.1, 0.15) is 16.1 Å². The van der Waals surface area contributed by atoms with Crippen molar-refractivity contribution < 1.29 is 18.7 Å². The molecule has 0 aliphatic heterocycles. The highest BCUT2D eigenvalue weighted by Gasteiger charge is 2.05. The van der Waals surface area contributed by atoms with Crippen molar-refractivity contribution in [3.63, 3.8) is 0 Å². The molecule has 21 heavy (non-hydrogen) atoms. The Morgan fingerprint density at radius 1 is 1.29 bits per heavy atom. The summed E-state index contributed by atoms with van der Waals surface area (Å²) < 4.78 is 10.0. The van der Waals surface area contributed by atoms with E-state index in [9.17, 15) is 9.59 Å². The van der Waals surface area contributed by atoms with Crippen LogP contribution in [0.5, 0.6) is 5.75 Å². The third-order valence-corrected chi connectivity index (χ3v) is 2.39. The molecule has 2 rings (SSSR count). The molecule has 7 heteroatoms. The van der Waals surface area contributed by atoms with Crippen molar-refractivity contribution in [2.24, 2.45) is 10.8 Å². The van der Waals surface area contributed by atoms with Gasteiger partial charge in [0.15, 0.2) is 12.4 Å². The largest absolute Gasteiger partial charge is 0.484 e. The Hall–Kier alpha value is -3.09. The molecule has 2 amide bonds. The second-order valence-electron chi connectivity index (χ2n) is 4.00. The van der Waals surface area contributed by atoms with Crippen LogP contribution in [0.15, 0.2) is 52.2 Å². The summed E-state index contributed by atoms with van der Waals surface area (Å²) in [6.07, 6.45) is 2.88. The number of amides is 2. The quantitative estimate of drug-likeness (QED) is 0.608. The first-order valence-corrected chi connectivity index (χ1v) is 6.03. The Labute approximate surface area is 120 Å². The van der Waals surface area contributed by atoms with E-state index in [2.05, 4.69) is 10.5 Å². The highest BCUT2D eigenvalue weighted by molar-refractivity contribution is 5.92. The lowest BCUT2D eigenvalue weighted by Crippen LogP contribution is -2.20. The van der Waals surface area contributed by atoms with Gasteiger partial charge >= 0.3 is 5.91 Å². The maximum Gasteiger partial charge on any atom is 0.307 e. The lowest BCUT2D eigenvalue weighted by Gasteiger charge is -2.03. The maximum absolute atomic E-state index is 11.5. The van der Waals surface area contributed by atoms with Gasteiger partial charge in [-0.15, -0.1) is 0 Å². The third kappa shape index (κ3) is 4.50. The Kier molecular flexibility index (Phi) is 4.70. The Morgan fingerprint density at radius 2 is 2.05 bits per heavy atom. The number of benzene rings is 1. The molecule has 0 aliphatic carbocycles. The van der Waals surface area contributed by atoms with Crippen molar-refractivity contribution in [3.8, 4) is 5.75 Å². The van der Waals surface area contributed by atoms with Gasteiger partial charge in [0.05, 0.1) is 12.5 Å². The summed E-state index contributed by atoms with van der Waals surface area (Å²) in [7, 11) is 0. The molecule has 7 nitrogen and oxygen atoms in total. The molecule has 0 radical (unpaired) electrons. The number of furan rings is 1. The second kappa shape index (κ2) is 6.90. The first kappa shape index (κ1) is 14.3. The molecule has 2 aromatic rings. The van der Waals surface area contributed by atoms with Gasteiger partial charge in [0.25, 0.3) is 5.91 Å². The number of hydrazone groups is 1. The summed E-state index contributed by atoms with van der Waals surface area (Å²) in [5, 5.41) is 3.80. The minimum absolute atomic E-state index is 0.174. The molecule has 0 spiro atoms. The molecular weight excluding hydrogens is 274 g/mol. The summed E-state index contributed by atoms with van der Waals surface area (Å²) >= 11 is 0. The standard InChI is InChI=1S/C14H13N3O4/c15-13(18)9-21-11-5-3-10(4-6-11)8-16-17-14(19)12-2-1-7-20-12/h1-8H,9H2,(H2,15,18)(H,17,19). The Morgan fingerprint density at radius 3 is 2.67 bits per heavy atom. The van der Waals surface area contributed by atoms with Crippen molar-refractivity contribution in [2.45, 2.75) is 0 Å². The highest BCUT2D eigenvalue weighted by atomic mass is 16.5. The van der Waals surface area contributed by atoms with Gasteiger partial charge in [-0.1, -0.05) is 0 Å². The zero-order valence-corrected chi connectivity index (χ0v) is 11.0. The summed E-state index contributed by atoms with van der Waals surface area (Å²) in [4.78, 5) is 22.1. The average Bonchev–Trinajstić information content (AvgIpc) is 3.00. The van der Waals surface area contributed by atoms with E-state index in [1.54, 1.807) is 30.3 Å². The number of nitrogens with zero attached hydrogens (tertiary/aromatic N) is 1. The number of nitrogens with two attached hydrogens (primary N) is 1. The fourth-order valence-electron chi connectivity index (χ4n) is 1.43. The van der Waals surface area contributed by atoms with Gasteiger partial charge in [0.1, 0.15) is 5.75 Å². The zero-order valence-electron chi connectivity index (χ0n) is 11.0. The topological polar surface area (TPSA) is 107 Å². The fourth-order valence-corrected chi connectivity index (χ4v) is 1.43. The number of hydrogen-bond acceptors (Lipinski definition) is 5. The molecule has 1 aromatic carbocycles. The van der Waals surface area contributed by atoms with Gasteiger partial charge in [0, 0.05) is 0 Å². The van der Waals surface area contributed by atoms with E-state index in [4.69, 9.17) is 14.9 Å². The molecule has 0 saturated carbocycles. The van der Waals surface area contributed by atoms with Crippen LogP contribution in [-0.4, -0.2) is 24.6 Å². The summed E-state index contributed by atoms with van der Waals surface area (Å²) in [5.41, 5.74) is 8.06. The molecule has 0 fully saturated rings. The first-order valence-electron chi connectivity index (χ1n) is 6.03. The molecule has 3 N–H and O–H groups in total. The normalized spacial score (nSPS) is 10.5. The minimum Gasteiger partial charge on any atom is -0.484 e. The number of carbonyl (C=O) groups excluding carboxylic acids is 2. The average molecular weight is 287 g/mol.